The molecule has 0 radical (unpaired) electrons. The van der Waals surface area contributed by atoms with Gasteiger partial charge in [-0.15, -0.1) is 0 Å². The Labute approximate surface area is 94.0 Å². The van der Waals surface area contributed by atoms with E-state index < -0.39 is 0 Å². The number of ether oxygens (including phenoxy) is 2. The van der Waals surface area contributed by atoms with Crippen LogP contribution in [-0.4, -0.2) is 38.4 Å². The van der Waals surface area contributed by atoms with Crippen LogP contribution in [0.4, 0.5) is 0 Å². The van der Waals surface area contributed by atoms with Gasteiger partial charge < -0.3 is 19.9 Å². The van der Waals surface area contributed by atoms with Gasteiger partial charge in [0.25, 0.3) is 5.91 Å². The molecule has 0 aromatic heterocycles. The van der Waals surface area contributed by atoms with E-state index in [1.165, 1.54) is 14.2 Å². The molecule has 5 heteroatoms. The Bertz CT molecular complexity index is 365. The van der Waals surface area contributed by atoms with Gasteiger partial charge in [0.15, 0.2) is 11.5 Å². The zero-order valence-electron chi connectivity index (χ0n) is 9.32. The minimum absolute atomic E-state index is 0.0843. The van der Waals surface area contributed by atoms with Gasteiger partial charge in [-0.2, -0.15) is 0 Å². The third-order valence-electron chi connectivity index (χ3n) is 2.04. The lowest BCUT2D eigenvalue weighted by Gasteiger charge is -2.09. The van der Waals surface area contributed by atoms with E-state index in [4.69, 9.17) is 14.6 Å². The largest absolute Gasteiger partial charge is 0.493 e. The fraction of sp³-hybridized carbons (Fsp3) is 0.364. The van der Waals surface area contributed by atoms with Crippen LogP contribution >= 0.6 is 0 Å². The fourth-order valence-corrected chi connectivity index (χ4v) is 1.25. The van der Waals surface area contributed by atoms with Gasteiger partial charge in [-0.3, -0.25) is 4.79 Å². The third-order valence-corrected chi connectivity index (χ3v) is 2.04. The Hall–Kier alpha value is -1.75. The molecule has 0 aliphatic carbocycles. The lowest BCUT2D eigenvalue weighted by atomic mass is 10.2. The van der Waals surface area contributed by atoms with E-state index in [1.54, 1.807) is 18.2 Å². The lowest BCUT2D eigenvalue weighted by molar-refractivity contribution is 0.0944. The highest BCUT2D eigenvalue weighted by Gasteiger charge is 2.09. The summed E-state index contributed by atoms with van der Waals surface area (Å²) in [6.45, 7) is 0.145. The van der Waals surface area contributed by atoms with E-state index in [9.17, 15) is 4.79 Å². The molecule has 0 fully saturated rings. The van der Waals surface area contributed by atoms with E-state index in [1.807, 2.05) is 0 Å². The van der Waals surface area contributed by atoms with E-state index in [0.29, 0.717) is 17.1 Å². The molecule has 0 heterocycles. The monoisotopic (exact) mass is 225 g/mol. The number of aliphatic hydroxyl groups excluding tert-OH is 1. The zero-order chi connectivity index (χ0) is 12.0. The summed E-state index contributed by atoms with van der Waals surface area (Å²) in [5, 5.41) is 11.1. The van der Waals surface area contributed by atoms with Gasteiger partial charge in [0, 0.05) is 12.1 Å². The molecule has 1 aromatic rings. The van der Waals surface area contributed by atoms with E-state index in [0.717, 1.165) is 0 Å². The maximum atomic E-state index is 11.6. The molecular weight excluding hydrogens is 210 g/mol. The Morgan fingerprint density at radius 1 is 1.31 bits per heavy atom. The zero-order valence-corrected chi connectivity index (χ0v) is 9.32. The fourth-order valence-electron chi connectivity index (χ4n) is 1.25. The first-order valence-corrected chi connectivity index (χ1v) is 4.84. The number of amides is 1. The summed E-state index contributed by atoms with van der Waals surface area (Å²) in [5.41, 5.74) is 0.464. The van der Waals surface area contributed by atoms with Gasteiger partial charge in [0.05, 0.1) is 20.8 Å². The standard InChI is InChI=1S/C11H15NO4/c1-15-9-4-3-8(7-10(9)16-2)11(14)12-5-6-13/h3-4,7,13H,5-6H2,1-2H3,(H,12,14). The number of hydrogen-bond acceptors (Lipinski definition) is 4. The molecule has 88 valence electrons. The normalized spacial score (nSPS) is 9.69. The summed E-state index contributed by atoms with van der Waals surface area (Å²) < 4.78 is 10.1. The number of nitrogens with one attached hydrogen (secondary N) is 1. The van der Waals surface area contributed by atoms with Crippen LogP contribution in [0.1, 0.15) is 10.4 Å². The van der Waals surface area contributed by atoms with Crippen molar-refractivity contribution in [3.8, 4) is 11.5 Å². The molecular formula is C11H15NO4. The molecule has 16 heavy (non-hydrogen) atoms. The van der Waals surface area contributed by atoms with Crippen LogP contribution < -0.4 is 14.8 Å². The highest BCUT2D eigenvalue weighted by Crippen LogP contribution is 2.27. The van der Waals surface area contributed by atoms with Crippen molar-refractivity contribution in [3.05, 3.63) is 23.8 Å². The Morgan fingerprint density at radius 2 is 2.00 bits per heavy atom. The van der Waals surface area contributed by atoms with Gasteiger partial charge >= 0.3 is 0 Å². The second kappa shape index (κ2) is 5.97. The Balaban J connectivity index is 2.85. The Morgan fingerprint density at radius 3 is 2.56 bits per heavy atom. The van der Waals surface area contributed by atoms with Crippen molar-refractivity contribution in [3.63, 3.8) is 0 Å². The first-order chi connectivity index (χ1) is 7.72. The van der Waals surface area contributed by atoms with Crippen LogP contribution in [0, 0.1) is 0 Å². The first kappa shape index (κ1) is 12.3. The maximum Gasteiger partial charge on any atom is 0.251 e. The minimum atomic E-state index is -0.255. The van der Waals surface area contributed by atoms with Gasteiger partial charge in [-0.05, 0) is 18.2 Å². The predicted octanol–water partition coefficient (Wildman–Crippen LogP) is 0.426. The first-order valence-electron chi connectivity index (χ1n) is 4.84. The molecule has 1 aromatic carbocycles. The summed E-state index contributed by atoms with van der Waals surface area (Å²) in [6.07, 6.45) is 0. The van der Waals surface area contributed by atoms with Crippen LogP contribution in [0.2, 0.25) is 0 Å². The number of benzene rings is 1. The smallest absolute Gasteiger partial charge is 0.251 e. The maximum absolute atomic E-state index is 11.6. The quantitative estimate of drug-likeness (QED) is 0.762. The highest BCUT2D eigenvalue weighted by atomic mass is 16.5. The van der Waals surface area contributed by atoms with E-state index in [-0.39, 0.29) is 19.1 Å². The molecule has 0 bridgehead atoms. The van der Waals surface area contributed by atoms with Crippen LogP contribution in [0.15, 0.2) is 18.2 Å². The summed E-state index contributed by atoms with van der Waals surface area (Å²) >= 11 is 0. The molecule has 1 amide bonds. The number of rotatable bonds is 5. The average Bonchev–Trinajstić information content (AvgIpc) is 2.34. The molecule has 1 rings (SSSR count). The molecule has 0 spiro atoms. The SMILES string of the molecule is COc1ccc(C(=O)NCCO)cc1OC. The van der Waals surface area contributed by atoms with Crippen LogP contribution in [0.5, 0.6) is 11.5 Å². The van der Waals surface area contributed by atoms with Gasteiger partial charge in [-0.25, -0.2) is 0 Å². The highest BCUT2D eigenvalue weighted by molar-refractivity contribution is 5.94. The summed E-state index contributed by atoms with van der Waals surface area (Å²) in [5.74, 6) is 0.815. The molecule has 0 saturated carbocycles. The molecule has 2 N–H and O–H groups in total. The second-order valence-electron chi connectivity index (χ2n) is 3.05. The summed E-state index contributed by atoms with van der Waals surface area (Å²) in [6, 6.07) is 4.88. The summed E-state index contributed by atoms with van der Waals surface area (Å²) in [4.78, 5) is 11.6. The van der Waals surface area contributed by atoms with Crippen molar-refractivity contribution >= 4 is 5.91 Å². The Kier molecular flexibility index (Phi) is 4.60. The molecule has 0 saturated heterocycles. The number of carbonyl (C=O) groups excluding carboxylic acids is 1. The second-order valence-corrected chi connectivity index (χ2v) is 3.05. The van der Waals surface area contributed by atoms with Gasteiger partial charge in [0.2, 0.25) is 0 Å². The van der Waals surface area contributed by atoms with E-state index >= 15 is 0 Å². The number of aliphatic hydroxyl groups is 1. The number of carbonyl (C=O) groups is 1. The third kappa shape index (κ3) is 2.87. The van der Waals surface area contributed by atoms with Crippen LogP contribution in [0.25, 0.3) is 0 Å². The summed E-state index contributed by atoms with van der Waals surface area (Å²) in [7, 11) is 3.04. The molecule has 5 nitrogen and oxygen atoms in total. The van der Waals surface area contributed by atoms with Crippen molar-refractivity contribution in [1.29, 1.82) is 0 Å². The molecule has 0 aliphatic rings. The van der Waals surface area contributed by atoms with E-state index in [2.05, 4.69) is 5.32 Å². The predicted molar refractivity (Wildman–Crippen MR) is 59.0 cm³/mol. The van der Waals surface area contributed by atoms with Crippen molar-refractivity contribution < 1.29 is 19.4 Å². The number of methoxy groups -OCH3 is 2. The van der Waals surface area contributed by atoms with Crippen molar-refractivity contribution in [1.82, 2.24) is 5.32 Å². The molecule has 0 unspecified atom stereocenters. The number of hydrogen-bond donors (Lipinski definition) is 2. The van der Waals surface area contributed by atoms with Crippen molar-refractivity contribution in [2.75, 3.05) is 27.4 Å². The molecule has 0 atom stereocenters. The lowest BCUT2D eigenvalue weighted by Crippen LogP contribution is -2.26. The van der Waals surface area contributed by atoms with Crippen molar-refractivity contribution in [2.24, 2.45) is 0 Å². The topological polar surface area (TPSA) is 67.8 Å². The van der Waals surface area contributed by atoms with Crippen LogP contribution in [0.3, 0.4) is 0 Å². The van der Waals surface area contributed by atoms with Gasteiger partial charge in [-0.1, -0.05) is 0 Å². The van der Waals surface area contributed by atoms with Crippen molar-refractivity contribution in [2.45, 2.75) is 0 Å². The average molecular weight is 225 g/mol. The van der Waals surface area contributed by atoms with Gasteiger partial charge in [0.1, 0.15) is 0 Å². The van der Waals surface area contributed by atoms with Crippen LogP contribution in [-0.2, 0) is 0 Å². The molecule has 0 aliphatic heterocycles. The minimum Gasteiger partial charge on any atom is -0.493 e.